The van der Waals surface area contributed by atoms with Crippen LogP contribution in [0.5, 0.6) is 0 Å². The molecule has 1 aromatic carbocycles. The molecule has 0 saturated carbocycles. The van der Waals surface area contributed by atoms with Crippen LogP contribution in [0.3, 0.4) is 0 Å². The SMILES string of the molecule is O=C(CN1CCN(C(=S)Nc2ccc([N+](=O)[O-])cc2)CC1)N1CCCCCC1. The number of non-ortho nitro benzene ring substituents is 1. The van der Waals surface area contributed by atoms with Gasteiger partial charge in [0, 0.05) is 57.1 Å². The van der Waals surface area contributed by atoms with Crippen molar-refractivity contribution in [2.24, 2.45) is 0 Å². The predicted octanol–water partition coefficient (Wildman–Crippen LogP) is 2.31. The largest absolute Gasteiger partial charge is 0.346 e. The van der Waals surface area contributed by atoms with Crippen LogP contribution in [0.4, 0.5) is 11.4 Å². The van der Waals surface area contributed by atoms with Crippen molar-refractivity contribution < 1.29 is 9.72 Å². The highest BCUT2D eigenvalue weighted by molar-refractivity contribution is 7.80. The van der Waals surface area contributed by atoms with Gasteiger partial charge in [-0.15, -0.1) is 0 Å². The molecule has 1 aromatic rings. The zero-order chi connectivity index (χ0) is 19.9. The molecule has 0 radical (unpaired) electrons. The molecule has 0 aromatic heterocycles. The molecule has 9 heteroatoms. The Morgan fingerprint density at radius 2 is 1.57 bits per heavy atom. The molecule has 2 aliphatic heterocycles. The number of nitro benzene ring substituents is 1. The van der Waals surface area contributed by atoms with E-state index in [0.29, 0.717) is 11.7 Å². The maximum atomic E-state index is 12.5. The fourth-order valence-corrected chi connectivity index (χ4v) is 3.89. The van der Waals surface area contributed by atoms with Crippen molar-refractivity contribution in [1.29, 1.82) is 0 Å². The van der Waals surface area contributed by atoms with E-state index in [9.17, 15) is 14.9 Å². The van der Waals surface area contributed by atoms with E-state index in [1.807, 2.05) is 4.90 Å². The van der Waals surface area contributed by atoms with E-state index in [-0.39, 0.29) is 11.6 Å². The van der Waals surface area contributed by atoms with Crippen molar-refractivity contribution in [3.8, 4) is 0 Å². The lowest BCUT2D eigenvalue weighted by molar-refractivity contribution is -0.384. The highest BCUT2D eigenvalue weighted by atomic mass is 32.1. The van der Waals surface area contributed by atoms with Crippen molar-refractivity contribution in [3.63, 3.8) is 0 Å². The zero-order valence-electron chi connectivity index (χ0n) is 16.0. The number of nitro groups is 1. The van der Waals surface area contributed by atoms with Gasteiger partial charge in [0.2, 0.25) is 5.91 Å². The lowest BCUT2D eigenvalue weighted by Gasteiger charge is -2.36. The smallest absolute Gasteiger partial charge is 0.269 e. The highest BCUT2D eigenvalue weighted by Crippen LogP contribution is 2.16. The molecule has 0 atom stereocenters. The molecule has 152 valence electrons. The van der Waals surface area contributed by atoms with Crippen LogP contribution in [0.15, 0.2) is 24.3 Å². The van der Waals surface area contributed by atoms with Crippen molar-refractivity contribution in [1.82, 2.24) is 14.7 Å². The second kappa shape index (κ2) is 9.79. The van der Waals surface area contributed by atoms with Gasteiger partial charge in [0.1, 0.15) is 0 Å². The molecule has 8 nitrogen and oxygen atoms in total. The molecule has 0 aliphatic carbocycles. The number of rotatable bonds is 4. The normalized spacial score (nSPS) is 18.4. The van der Waals surface area contributed by atoms with Gasteiger partial charge in [-0.3, -0.25) is 19.8 Å². The summed E-state index contributed by atoms with van der Waals surface area (Å²) >= 11 is 5.47. The third kappa shape index (κ3) is 5.62. The van der Waals surface area contributed by atoms with Crippen LogP contribution < -0.4 is 5.32 Å². The number of hydrogen-bond acceptors (Lipinski definition) is 5. The van der Waals surface area contributed by atoms with Gasteiger partial charge in [-0.1, -0.05) is 12.8 Å². The summed E-state index contributed by atoms with van der Waals surface area (Å²) in [4.78, 5) is 29.1. The van der Waals surface area contributed by atoms with Gasteiger partial charge in [-0.25, -0.2) is 0 Å². The predicted molar refractivity (Wildman–Crippen MR) is 112 cm³/mol. The van der Waals surface area contributed by atoms with Crippen molar-refractivity contribution in [2.75, 3.05) is 51.1 Å². The Balaban J connectivity index is 1.43. The summed E-state index contributed by atoms with van der Waals surface area (Å²) in [6.07, 6.45) is 4.67. The number of carbonyl (C=O) groups is 1. The summed E-state index contributed by atoms with van der Waals surface area (Å²) in [7, 11) is 0. The molecular weight excluding hydrogens is 378 g/mol. The Bertz CT molecular complexity index is 696. The number of piperazine rings is 1. The van der Waals surface area contributed by atoms with E-state index in [0.717, 1.165) is 57.8 Å². The summed E-state index contributed by atoms with van der Waals surface area (Å²) in [6.45, 7) is 5.36. The molecule has 0 spiro atoms. The third-order valence-corrected chi connectivity index (χ3v) is 5.67. The van der Waals surface area contributed by atoms with Crippen LogP contribution >= 0.6 is 12.2 Å². The number of anilines is 1. The van der Waals surface area contributed by atoms with Gasteiger partial charge in [0.25, 0.3) is 5.69 Å². The Labute approximate surface area is 170 Å². The van der Waals surface area contributed by atoms with Gasteiger partial charge in [-0.2, -0.15) is 0 Å². The maximum absolute atomic E-state index is 12.5. The molecule has 1 amide bonds. The zero-order valence-corrected chi connectivity index (χ0v) is 16.8. The molecule has 2 fully saturated rings. The monoisotopic (exact) mass is 405 g/mol. The highest BCUT2D eigenvalue weighted by Gasteiger charge is 2.23. The second-order valence-corrected chi connectivity index (χ2v) is 7.68. The van der Waals surface area contributed by atoms with Gasteiger partial charge in [0.05, 0.1) is 11.5 Å². The number of nitrogens with one attached hydrogen (secondary N) is 1. The molecule has 28 heavy (non-hydrogen) atoms. The Morgan fingerprint density at radius 3 is 2.14 bits per heavy atom. The molecule has 0 bridgehead atoms. The fraction of sp³-hybridized carbons (Fsp3) is 0.579. The first-order chi connectivity index (χ1) is 13.5. The van der Waals surface area contributed by atoms with Gasteiger partial charge in [-0.05, 0) is 37.2 Å². The number of hydrogen-bond donors (Lipinski definition) is 1. The number of benzene rings is 1. The number of amides is 1. The second-order valence-electron chi connectivity index (χ2n) is 7.29. The first-order valence-corrected chi connectivity index (χ1v) is 10.2. The van der Waals surface area contributed by atoms with Crippen LogP contribution in [0.1, 0.15) is 25.7 Å². The van der Waals surface area contributed by atoms with Crippen LogP contribution in [0.2, 0.25) is 0 Å². The van der Waals surface area contributed by atoms with Crippen LogP contribution in [0.25, 0.3) is 0 Å². The lowest BCUT2D eigenvalue weighted by Crippen LogP contribution is -2.52. The maximum Gasteiger partial charge on any atom is 0.269 e. The van der Waals surface area contributed by atoms with E-state index in [2.05, 4.69) is 15.1 Å². The molecular formula is C19H27N5O3S. The minimum atomic E-state index is -0.422. The van der Waals surface area contributed by atoms with E-state index >= 15 is 0 Å². The van der Waals surface area contributed by atoms with E-state index < -0.39 is 4.92 Å². The van der Waals surface area contributed by atoms with E-state index in [1.165, 1.54) is 25.0 Å². The molecule has 2 heterocycles. The molecule has 2 aliphatic rings. The molecule has 0 unspecified atom stereocenters. The van der Waals surface area contributed by atoms with Gasteiger partial charge < -0.3 is 15.1 Å². The Kier molecular flexibility index (Phi) is 7.16. The van der Waals surface area contributed by atoms with Gasteiger partial charge in [0.15, 0.2) is 5.11 Å². The first kappa shape index (κ1) is 20.5. The Morgan fingerprint density at radius 1 is 0.964 bits per heavy atom. The minimum Gasteiger partial charge on any atom is -0.346 e. The fourth-order valence-electron chi connectivity index (χ4n) is 3.59. The standard InChI is InChI=1S/C19H27N5O3S/c25-18(22-9-3-1-2-4-10-22)15-21-11-13-23(14-12-21)19(28)20-16-5-7-17(8-6-16)24(26)27/h5-8H,1-4,9-15H2,(H,20,28). The summed E-state index contributed by atoms with van der Waals surface area (Å²) in [5, 5.41) is 14.5. The van der Waals surface area contributed by atoms with Crippen molar-refractivity contribution >= 4 is 34.6 Å². The van der Waals surface area contributed by atoms with Crippen molar-refractivity contribution in [3.05, 3.63) is 34.4 Å². The average Bonchev–Trinajstić information content (AvgIpc) is 2.98. The summed E-state index contributed by atoms with van der Waals surface area (Å²) in [5.41, 5.74) is 0.786. The first-order valence-electron chi connectivity index (χ1n) is 9.83. The Hall–Kier alpha value is -2.26. The number of likely N-dealkylation sites (tertiary alicyclic amines) is 1. The lowest BCUT2D eigenvalue weighted by atomic mass is 10.2. The quantitative estimate of drug-likeness (QED) is 0.468. The molecule has 3 rings (SSSR count). The van der Waals surface area contributed by atoms with Crippen LogP contribution in [-0.4, -0.2) is 76.5 Å². The van der Waals surface area contributed by atoms with Gasteiger partial charge >= 0.3 is 0 Å². The van der Waals surface area contributed by atoms with Crippen molar-refractivity contribution in [2.45, 2.75) is 25.7 Å². The number of thiocarbonyl (C=S) groups is 1. The number of nitrogens with zero attached hydrogens (tertiary/aromatic N) is 4. The third-order valence-electron chi connectivity index (χ3n) is 5.31. The minimum absolute atomic E-state index is 0.0548. The van der Waals surface area contributed by atoms with Crippen LogP contribution in [0, 0.1) is 10.1 Å². The molecule has 2 saturated heterocycles. The summed E-state index contributed by atoms with van der Waals surface area (Å²) in [5.74, 6) is 0.238. The average molecular weight is 406 g/mol. The summed E-state index contributed by atoms with van der Waals surface area (Å²) < 4.78 is 0. The topological polar surface area (TPSA) is 82.0 Å². The van der Waals surface area contributed by atoms with E-state index in [1.54, 1.807) is 12.1 Å². The summed E-state index contributed by atoms with van der Waals surface area (Å²) in [6, 6.07) is 6.22. The van der Waals surface area contributed by atoms with E-state index in [4.69, 9.17) is 12.2 Å². The van der Waals surface area contributed by atoms with Crippen LogP contribution in [-0.2, 0) is 4.79 Å². The molecule has 1 N–H and O–H groups in total. The number of carbonyl (C=O) groups excluding carboxylic acids is 1.